The van der Waals surface area contributed by atoms with Gasteiger partial charge >= 0.3 is 0 Å². The molecule has 1 spiro atoms. The Kier molecular flexibility index (Phi) is 4.39. The van der Waals surface area contributed by atoms with Crippen LogP contribution in [0.3, 0.4) is 0 Å². The highest BCUT2D eigenvalue weighted by Crippen LogP contribution is 2.59. The van der Waals surface area contributed by atoms with E-state index in [1.807, 2.05) is 24.3 Å². The highest BCUT2D eigenvalue weighted by atomic mass is 16.5. The summed E-state index contributed by atoms with van der Waals surface area (Å²) in [7, 11) is 0. The fraction of sp³-hybridized carbons (Fsp3) is 0.652. The third-order valence-electron chi connectivity index (χ3n) is 7.93. The number of hydrogen-bond donors (Lipinski definition) is 1. The minimum absolute atomic E-state index is 0.0257. The molecule has 29 heavy (non-hydrogen) atoms. The van der Waals surface area contributed by atoms with Crippen LogP contribution in [0.4, 0.5) is 0 Å². The van der Waals surface area contributed by atoms with Crippen molar-refractivity contribution in [3.8, 4) is 5.75 Å². The Hall–Kier alpha value is -2.08. The van der Waals surface area contributed by atoms with Gasteiger partial charge in [0.15, 0.2) is 5.72 Å². The Morgan fingerprint density at radius 1 is 1.24 bits per heavy atom. The average Bonchev–Trinajstić information content (AvgIpc) is 2.73. The Labute approximate surface area is 172 Å². The van der Waals surface area contributed by atoms with E-state index in [-0.39, 0.29) is 23.2 Å². The van der Waals surface area contributed by atoms with Crippen LogP contribution in [0.1, 0.15) is 49.9 Å². The van der Waals surface area contributed by atoms with Crippen molar-refractivity contribution >= 4 is 11.8 Å². The van der Waals surface area contributed by atoms with E-state index in [2.05, 4.69) is 29.0 Å². The van der Waals surface area contributed by atoms with E-state index < -0.39 is 5.72 Å². The minimum atomic E-state index is -0.671. The van der Waals surface area contributed by atoms with Crippen LogP contribution in [0.15, 0.2) is 24.3 Å². The standard InChI is InChI=1S/C23H31N3O3/c1-3-25-10-12-26(13-11-25)21(28)18-14-16-8-9-22(18,2)15-23(16)24-20(27)17-6-4-5-7-19(17)29-23/h4-7,16,18H,3,8-15H2,1-2H3,(H,24,27)/t16-,18+,22+,23+/m1/s1. The molecule has 0 radical (unpaired) electrons. The van der Waals surface area contributed by atoms with Crippen molar-refractivity contribution in [2.75, 3.05) is 32.7 Å². The maximum absolute atomic E-state index is 13.5. The van der Waals surface area contributed by atoms with E-state index in [0.717, 1.165) is 52.0 Å². The number of nitrogens with one attached hydrogen (secondary N) is 1. The third-order valence-corrected chi connectivity index (χ3v) is 7.93. The predicted octanol–water partition coefficient (Wildman–Crippen LogP) is 2.50. The Bertz CT molecular complexity index is 834. The third kappa shape index (κ3) is 2.95. The van der Waals surface area contributed by atoms with Crippen LogP contribution in [0.5, 0.6) is 5.75 Å². The molecule has 156 valence electrons. The number of piperazine rings is 1. The van der Waals surface area contributed by atoms with Crippen molar-refractivity contribution in [2.45, 2.75) is 45.3 Å². The van der Waals surface area contributed by atoms with Crippen LogP contribution >= 0.6 is 0 Å². The van der Waals surface area contributed by atoms with Gasteiger partial charge < -0.3 is 19.9 Å². The minimum Gasteiger partial charge on any atom is -0.467 e. The average molecular weight is 398 g/mol. The summed E-state index contributed by atoms with van der Waals surface area (Å²) in [6.07, 6.45) is 3.51. The molecule has 6 rings (SSSR count). The summed E-state index contributed by atoms with van der Waals surface area (Å²) < 4.78 is 6.47. The van der Waals surface area contributed by atoms with Gasteiger partial charge in [-0.2, -0.15) is 0 Å². The van der Waals surface area contributed by atoms with Crippen molar-refractivity contribution in [1.82, 2.24) is 15.1 Å². The molecule has 6 nitrogen and oxygen atoms in total. The number of benzene rings is 1. The van der Waals surface area contributed by atoms with E-state index in [0.29, 0.717) is 23.6 Å². The Morgan fingerprint density at radius 3 is 2.72 bits per heavy atom. The van der Waals surface area contributed by atoms with Gasteiger partial charge in [0.1, 0.15) is 5.75 Å². The fourth-order valence-electron chi connectivity index (χ4n) is 6.14. The first kappa shape index (κ1) is 18.9. The molecule has 5 aliphatic rings. The molecule has 4 fully saturated rings. The summed E-state index contributed by atoms with van der Waals surface area (Å²) >= 11 is 0. The lowest BCUT2D eigenvalue weighted by Crippen LogP contribution is -2.69. The van der Waals surface area contributed by atoms with E-state index in [9.17, 15) is 9.59 Å². The molecule has 1 aromatic rings. The summed E-state index contributed by atoms with van der Waals surface area (Å²) in [5, 5.41) is 3.20. The molecule has 6 heteroatoms. The van der Waals surface area contributed by atoms with Gasteiger partial charge in [-0.15, -0.1) is 0 Å². The van der Waals surface area contributed by atoms with Gasteiger partial charge in [0.05, 0.1) is 5.56 Å². The zero-order valence-electron chi connectivity index (χ0n) is 17.4. The Morgan fingerprint density at radius 2 is 2.00 bits per heavy atom. The van der Waals surface area contributed by atoms with Crippen LogP contribution in [0, 0.1) is 17.3 Å². The van der Waals surface area contributed by atoms with Crippen molar-refractivity contribution in [2.24, 2.45) is 17.3 Å². The molecule has 4 atom stereocenters. The number of hydrogen-bond acceptors (Lipinski definition) is 4. The normalized spacial score (nSPS) is 36.5. The summed E-state index contributed by atoms with van der Waals surface area (Å²) in [6, 6.07) is 7.47. The Balaban J connectivity index is 1.37. The SMILES string of the molecule is CCN1CCN(C(=O)[C@@H]2C[C@H]3CC[C@@]2(C)C[C@@]32NC(=O)c3ccccc3O2)CC1. The predicted molar refractivity (Wildman–Crippen MR) is 110 cm³/mol. The molecule has 1 N–H and O–H groups in total. The molecular weight excluding hydrogens is 366 g/mol. The molecular formula is C23H31N3O3. The van der Waals surface area contributed by atoms with Crippen molar-refractivity contribution in [3.05, 3.63) is 29.8 Å². The first-order valence-electron chi connectivity index (χ1n) is 11.1. The van der Waals surface area contributed by atoms with Crippen LogP contribution in [-0.2, 0) is 4.79 Å². The maximum atomic E-state index is 13.5. The van der Waals surface area contributed by atoms with Crippen LogP contribution in [0.25, 0.3) is 0 Å². The van der Waals surface area contributed by atoms with Gasteiger partial charge in [-0.3, -0.25) is 9.59 Å². The fourth-order valence-corrected chi connectivity index (χ4v) is 6.14. The molecule has 1 saturated heterocycles. The molecule has 0 unspecified atom stereocenters. The summed E-state index contributed by atoms with van der Waals surface area (Å²) in [5.74, 6) is 1.13. The molecule has 2 bridgehead atoms. The largest absolute Gasteiger partial charge is 0.467 e. The lowest BCUT2D eigenvalue weighted by molar-refractivity contribution is -0.175. The maximum Gasteiger partial charge on any atom is 0.258 e. The van der Waals surface area contributed by atoms with E-state index >= 15 is 0 Å². The number of para-hydroxylation sites is 1. The number of rotatable bonds is 2. The van der Waals surface area contributed by atoms with Gasteiger partial charge in [0, 0.05) is 44.4 Å². The molecule has 0 aromatic heterocycles. The molecule has 3 saturated carbocycles. The van der Waals surface area contributed by atoms with Gasteiger partial charge in [0.2, 0.25) is 5.91 Å². The van der Waals surface area contributed by atoms with E-state index in [1.54, 1.807) is 0 Å². The topological polar surface area (TPSA) is 61.9 Å². The summed E-state index contributed by atoms with van der Waals surface area (Å²) in [5.41, 5.74) is -0.213. The van der Waals surface area contributed by atoms with Gasteiger partial charge in [-0.25, -0.2) is 0 Å². The molecule has 3 aliphatic carbocycles. The first-order valence-corrected chi connectivity index (χ1v) is 11.1. The lowest BCUT2D eigenvalue weighted by Gasteiger charge is -2.60. The van der Waals surface area contributed by atoms with E-state index in [4.69, 9.17) is 4.74 Å². The van der Waals surface area contributed by atoms with Crippen LogP contribution in [-0.4, -0.2) is 60.1 Å². The number of amides is 2. The highest BCUT2D eigenvalue weighted by Gasteiger charge is 2.62. The summed E-state index contributed by atoms with van der Waals surface area (Å²) in [6.45, 7) is 9.04. The number of fused-ring (bicyclic) bond motifs is 3. The van der Waals surface area contributed by atoms with Crippen LogP contribution in [0.2, 0.25) is 0 Å². The molecule has 1 aromatic carbocycles. The number of ether oxygens (including phenoxy) is 1. The van der Waals surface area contributed by atoms with Gasteiger partial charge in [-0.05, 0) is 43.4 Å². The number of carbonyl (C=O) groups excluding carboxylic acids is 2. The monoisotopic (exact) mass is 397 g/mol. The van der Waals surface area contributed by atoms with E-state index in [1.165, 1.54) is 0 Å². The zero-order valence-corrected chi connectivity index (χ0v) is 17.4. The molecule has 2 heterocycles. The van der Waals surface area contributed by atoms with Crippen LogP contribution < -0.4 is 10.1 Å². The second-order valence-electron chi connectivity index (χ2n) is 9.56. The molecule has 2 aliphatic heterocycles. The number of carbonyl (C=O) groups is 2. The molecule has 2 amide bonds. The smallest absolute Gasteiger partial charge is 0.258 e. The zero-order chi connectivity index (χ0) is 20.2. The lowest BCUT2D eigenvalue weighted by atomic mass is 9.52. The van der Waals surface area contributed by atoms with Crippen molar-refractivity contribution in [1.29, 1.82) is 0 Å². The highest BCUT2D eigenvalue weighted by molar-refractivity contribution is 5.98. The number of likely N-dealkylation sites (N-methyl/N-ethyl adjacent to an activating group) is 1. The quantitative estimate of drug-likeness (QED) is 0.833. The van der Waals surface area contributed by atoms with Gasteiger partial charge in [-0.1, -0.05) is 26.0 Å². The second kappa shape index (κ2) is 6.73. The first-order chi connectivity index (χ1) is 13.9. The number of nitrogens with zero attached hydrogens (tertiary/aromatic N) is 2. The summed E-state index contributed by atoms with van der Waals surface area (Å²) in [4.78, 5) is 30.7. The van der Waals surface area contributed by atoms with Crippen molar-refractivity contribution < 1.29 is 14.3 Å². The van der Waals surface area contributed by atoms with Gasteiger partial charge in [0.25, 0.3) is 5.91 Å². The second-order valence-corrected chi connectivity index (χ2v) is 9.56. The van der Waals surface area contributed by atoms with Crippen molar-refractivity contribution in [3.63, 3.8) is 0 Å².